The molecule has 8 heteroatoms. The molecule has 0 saturated heterocycles. The fourth-order valence-corrected chi connectivity index (χ4v) is 3.05. The van der Waals surface area contributed by atoms with E-state index in [9.17, 15) is 14.4 Å². The maximum absolute atomic E-state index is 12.5. The van der Waals surface area contributed by atoms with Gasteiger partial charge in [0.1, 0.15) is 28.7 Å². The molecule has 164 valence electrons. The number of ether oxygens (including phenoxy) is 3. The zero-order chi connectivity index (χ0) is 22.8. The van der Waals surface area contributed by atoms with E-state index in [1.54, 1.807) is 58.0 Å². The minimum Gasteiger partial charge on any atom is -0.497 e. The molecule has 0 radical (unpaired) electrons. The molecule has 0 spiro atoms. The molecule has 0 fully saturated rings. The van der Waals surface area contributed by atoms with Gasteiger partial charge in [-0.25, -0.2) is 14.4 Å². The van der Waals surface area contributed by atoms with Crippen LogP contribution in [-0.4, -0.2) is 30.8 Å². The van der Waals surface area contributed by atoms with E-state index < -0.39 is 29.3 Å². The third kappa shape index (κ3) is 5.14. The van der Waals surface area contributed by atoms with E-state index in [2.05, 4.69) is 5.32 Å². The van der Waals surface area contributed by atoms with Crippen molar-refractivity contribution in [3.63, 3.8) is 0 Å². The molecule has 0 aliphatic carbocycles. The molecule has 1 amide bonds. The zero-order valence-electron chi connectivity index (χ0n) is 18.1. The summed E-state index contributed by atoms with van der Waals surface area (Å²) in [6.07, 6.45) is -0.393. The molecule has 0 saturated carbocycles. The monoisotopic (exact) mass is 427 g/mol. The SMILES string of the molecule is CC[C@H](NC(=O)OC(C)(C)C)C(=O)Oc1ccc2c(c1)oc(=O)c1cc(OC)ccc12. The van der Waals surface area contributed by atoms with Gasteiger partial charge in [0.15, 0.2) is 0 Å². The van der Waals surface area contributed by atoms with Crippen LogP contribution in [0.25, 0.3) is 21.7 Å². The van der Waals surface area contributed by atoms with Crippen molar-refractivity contribution in [3.8, 4) is 11.5 Å². The lowest BCUT2D eigenvalue weighted by molar-refractivity contribution is -0.136. The molecule has 2 aromatic carbocycles. The van der Waals surface area contributed by atoms with Crippen LogP contribution in [-0.2, 0) is 9.53 Å². The largest absolute Gasteiger partial charge is 0.497 e. The van der Waals surface area contributed by atoms with Crippen LogP contribution in [0.1, 0.15) is 34.1 Å². The van der Waals surface area contributed by atoms with Crippen molar-refractivity contribution in [1.29, 1.82) is 0 Å². The number of hydrogen-bond acceptors (Lipinski definition) is 7. The smallest absolute Gasteiger partial charge is 0.408 e. The van der Waals surface area contributed by atoms with Crippen LogP contribution in [0.3, 0.4) is 0 Å². The van der Waals surface area contributed by atoms with E-state index >= 15 is 0 Å². The topological polar surface area (TPSA) is 104 Å². The van der Waals surface area contributed by atoms with E-state index in [4.69, 9.17) is 18.6 Å². The average Bonchev–Trinajstić information content (AvgIpc) is 2.70. The quantitative estimate of drug-likeness (QED) is 0.282. The van der Waals surface area contributed by atoms with E-state index in [-0.39, 0.29) is 11.3 Å². The predicted molar refractivity (Wildman–Crippen MR) is 116 cm³/mol. The highest BCUT2D eigenvalue weighted by molar-refractivity contribution is 6.05. The van der Waals surface area contributed by atoms with Gasteiger partial charge in [0.2, 0.25) is 0 Å². The fraction of sp³-hybridized carbons (Fsp3) is 0.348. The third-order valence-electron chi connectivity index (χ3n) is 4.49. The van der Waals surface area contributed by atoms with Gasteiger partial charge in [-0.05, 0) is 57.5 Å². The number of benzene rings is 2. The number of amides is 1. The first-order valence-electron chi connectivity index (χ1n) is 9.87. The Labute approximate surface area is 179 Å². The number of esters is 1. The molecule has 0 aliphatic rings. The summed E-state index contributed by atoms with van der Waals surface area (Å²) in [4.78, 5) is 36.9. The molecule has 3 aromatic rings. The van der Waals surface area contributed by atoms with Crippen LogP contribution in [0.2, 0.25) is 0 Å². The number of fused-ring (bicyclic) bond motifs is 3. The Hall–Kier alpha value is -3.55. The lowest BCUT2D eigenvalue weighted by Crippen LogP contribution is -2.44. The highest BCUT2D eigenvalue weighted by Gasteiger charge is 2.24. The molecular weight excluding hydrogens is 402 g/mol. The van der Waals surface area contributed by atoms with Crippen molar-refractivity contribution < 1.29 is 28.2 Å². The second-order valence-corrected chi connectivity index (χ2v) is 7.99. The summed E-state index contributed by atoms with van der Waals surface area (Å²) in [5, 5.41) is 4.28. The molecule has 31 heavy (non-hydrogen) atoms. The molecular formula is C23H25NO7. The lowest BCUT2D eigenvalue weighted by Gasteiger charge is -2.22. The summed E-state index contributed by atoms with van der Waals surface area (Å²) in [5.41, 5.74) is -0.932. The van der Waals surface area contributed by atoms with Crippen molar-refractivity contribution in [2.45, 2.75) is 45.8 Å². The first-order valence-corrected chi connectivity index (χ1v) is 9.87. The van der Waals surface area contributed by atoms with Gasteiger partial charge >= 0.3 is 17.7 Å². The Morgan fingerprint density at radius 3 is 2.35 bits per heavy atom. The van der Waals surface area contributed by atoms with Crippen molar-refractivity contribution in [2.24, 2.45) is 0 Å². The molecule has 0 aliphatic heterocycles. The van der Waals surface area contributed by atoms with Gasteiger partial charge in [0, 0.05) is 16.8 Å². The molecule has 1 N–H and O–H groups in total. The highest BCUT2D eigenvalue weighted by Crippen LogP contribution is 2.28. The number of hydrogen-bond donors (Lipinski definition) is 1. The molecule has 3 rings (SSSR count). The Morgan fingerprint density at radius 1 is 1.03 bits per heavy atom. The van der Waals surface area contributed by atoms with Gasteiger partial charge in [-0.2, -0.15) is 0 Å². The number of nitrogens with one attached hydrogen (secondary N) is 1. The summed E-state index contributed by atoms with van der Waals surface area (Å²) < 4.78 is 21.2. The van der Waals surface area contributed by atoms with Crippen LogP contribution in [0.4, 0.5) is 4.79 Å². The second kappa shape index (κ2) is 8.67. The Kier molecular flexibility index (Phi) is 6.19. The summed E-state index contributed by atoms with van der Waals surface area (Å²) in [5.74, 6) is 0.0892. The Morgan fingerprint density at radius 2 is 1.71 bits per heavy atom. The van der Waals surface area contributed by atoms with Gasteiger partial charge in [-0.15, -0.1) is 0 Å². The van der Waals surface area contributed by atoms with Gasteiger partial charge in [0.25, 0.3) is 0 Å². The predicted octanol–water partition coefficient (Wildman–Crippen LogP) is 4.16. The average molecular weight is 427 g/mol. The number of alkyl carbamates (subject to hydrolysis) is 1. The first-order chi connectivity index (χ1) is 14.6. The second-order valence-electron chi connectivity index (χ2n) is 7.99. The normalized spacial score (nSPS) is 12.4. The third-order valence-corrected chi connectivity index (χ3v) is 4.49. The molecule has 1 aromatic heterocycles. The Bertz CT molecular complexity index is 1190. The van der Waals surface area contributed by atoms with Crippen LogP contribution in [0, 0.1) is 0 Å². The molecule has 0 unspecified atom stereocenters. The summed E-state index contributed by atoms with van der Waals surface area (Å²) in [6.45, 7) is 6.93. The van der Waals surface area contributed by atoms with Crippen molar-refractivity contribution in [3.05, 3.63) is 46.8 Å². The number of carbonyl (C=O) groups excluding carboxylic acids is 2. The van der Waals surface area contributed by atoms with Gasteiger partial charge in [0.05, 0.1) is 12.5 Å². The van der Waals surface area contributed by atoms with Crippen molar-refractivity contribution in [1.82, 2.24) is 5.32 Å². The van der Waals surface area contributed by atoms with Crippen molar-refractivity contribution in [2.75, 3.05) is 7.11 Å². The number of carbonyl (C=O) groups is 2. The maximum atomic E-state index is 12.5. The summed E-state index contributed by atoms with van der Waals surface area (Å²) in [7, 11) is 1.52. The van der Waals surface area contributed by atoms with E-state index in [1.165, 1.54) is 13.2 Å². The van der Waals surface area contributed by atoms with Crippen LogP contribution in [0.15, 0.2) is 45.6 Å². The van der Waals surface area contributed by atoms with Crippen LogP contribution in [0.5, 0.6) is 11.5 Å². The van der Waals surface area contributed by atoms with E-state index in [0.717, 1.165) is 0 Å². The lowest BCUT2D eigenvalue weighted by atomic mass is 10.1. The highest BCUT2D eigenvalue weighted by atomic mass is 16.6. The molecule has 0 bridgehead atoms. The molecule has 1 heterocycles. The number of methoxy groups -OCH3 is 1. The maximum Gasteiger partial charge on any atom is 0.408 e. The standard InChI is InChI=1S/C23H25NO7/c1-6-18(24-22(27)31-23(2,3)4)21(26)29-14-8-10-16-15-9-7-13(28-5)11-17(15)20(25)30-19(16)12-14/h7-12,18H,6H2,1-5H3,(H,24,27)/t18-/m0/s1. The minimum absolute atomic E-state index is 0.193. The summed E-state index contributed by atoms with van der Waals surface area (Å²) in [6, 6.07) is 9.03. The van der Waals surface area contributed by atoms with Gasteiger partial charge in [-0.3, -0.25) is 0 Å². The van der Waals surface area contributed by atoms with E-state index in [1.807, 2.05) is 0 Å². The molecule has 1 atom stereocenters. The zero-order valence-corrected chi connectivity index (χ0v) is 18.1. The first kappa shape index (κ1) is 22.1. The van der Waals surface area contributed by atoms with Crippen molar-refractivity contribution >= 4 is 33.8 Å². The van der Waals surface area contributed by atoms with Gasteiger partial charge < -0.3 is 23.9 Å². The number of rotatable bonds is 5. The van der Waals surface area contributed by atoms with Gasteiger partial charge in [-0.1, -0.05) is 6.92 Å². The van der Waals surface area contributed by atoms with Crippen LogP contribution >= 0.6 is 0 Å². The minimum atomic E-state index is -0.887. The van der Waals surface area contributed by atoms with E-state index in [0.29, 0.717) is 28.3 Å². The Balaban J connectivity index is 1.84. The van der Waals surface area contributed by atoms with Crippen LogP contribution < -0.4 is 20.4 Å². The summed E-state index contributed by atoms with van der Waals surface area (Å²) >= 11 is 0. The molecule has 8 nitrogen and oxygen atoms in total. The fourth-order valence-electron chi connectivity index (χ4n) is 3.05.